The lowest BCUT2D eigenvalue weighted by Gasteiger charge is -2.22. The smallest absolute Gasteiger partial charge is 0.264 e. The van der Waals surface area contributed by atoms with Gasteiger partial charge in [-0.2, -0.15) is 0 Å². The number of hydrogen-bond acceptors (Lipinski definition) is 4. The van der Waals surface area contributed by atoms with Crippen molar-refractivity contribution in [2.75, 3.05) is 24.4 Å². The third-order valence-corrected chi connectivity index (χ3v) is 7.76. The fourth-order valence-electron chi connectivity index (χ4n) is 4.06. The largest absolute Gasteiger partial charge is 0.348 e. The highest BCUT2D eigenvalue weighted by Crippen LogP contribution is 2.25. The van der Waals surface area contributed by atoms with Crippen molar-refractivity contribution in [2.24, 2.45) is 0 Å². The molecule has 3 aromatic carbocycles. The molecule has 0 spiro atoms. The zero-order valence-electron chi connectivity index (χ0n) is 18.8. The molecule has 1 aliphatic rings. The molecular weight excluding hydrogens is 434 g/mol. The molecule has 7 heteroatoms. The summed E-state index contributed by atoms with van der Waals surface area (Å²) in [5, 5.41) is 2.92. The minimum absolute atomic E-state index is 0.178. The van der Waals surface area contributed by atoms with Gasteiger partial charge in [0.25, 0.3) is 15.9 Å². The van der Waals surface area contributed by atoms with Crippen LogP contribution in [0.25, 0.3) is 0 Å². The van der Waals surface area contributed by atoms with Crippen molar-refractivity contribution in [1.82, 2.24) is 10.2 Å². The number of sulfonamides is 1. The van der Waals surface area contributed by atoms with Gasteiger partial charge in [0.2, 0.25) is 0 Å². The van der Waals surface area contributed by atoms with E-state index < -0.39 is 10.0 Å². The average molecular weight is 464 g/mol. The Morgan fingerprint density at radius 1 is 0.879 bits per heavy atom. The molecule has 172 valence electrons. The van der Waals surface area contributed by atoms with Gasteiger partial charge >= 0.3 is 0 Å². The summed E-state index contributed by atoms with van der Waals surface area (Å²) in [6, 6.07) is 23.2. The molecule has 0 aromatic heterocycles. The molecule has 6 nitrogen and oxygen atoms in total. The molecule has 4 rings (SSSR count). The van der Waals surface area contributed by atoms with Gasteiger partial charge in [-0.25, -0.2) is 8.42 Å². The number of nitrogens with one attached hydrogen (secondary N) is 1. The minimum Gasteiger partial charge on any atom is -0.348 e. The van der Waals surface area contributed by atoms with Crippen LogP contribution in [0.15, 0.2) is 83.8 Å². The molecule has 1 fully saturated rings. The molecule has 0 unspecified atom stereocenters. The van der Waals surface area contributed by atoms with Crippen LogP contribution >= 0.6 is 0 Å². The summed E-state index contributed by atoms with van der Waals surface area (Å²) in [5.74, 6) is -0.318. The molecule has 1 amide bonds. The normalized spacial score (nSPS) is 14.2. The molecule has 1 aliphatic heterocycles. The van der Waals surface area contributed by atoms with Gasteiger partial charge in [-0.15, -0.1) is 0 Å². The SMILES string of the molecule is CN(c1ccccc1C(=O)NCc1ccc(CN2CCCC2)cc1)S(=O)(=O)c1ccccc1. The van der Waals surface area contributed by atoms with E-state index in [4.69, 9.17) is 0 Å². The number of likely N-dealkylation sites (tertiary alicyclic amines) is 1. The Morgan fingerprint density at radius 2 is 1.48 bits per heavy atom. The van der Waals surface area contributed by atoms with E-state index in [0.29, 0.717) is 17.8 Å². The van der Waals surface area contributed by atoms with E-state index in [1.54, 1.807) is 54.6 Å². The molecule has 1 saturated heterocycles. The first-order valence-corrected chi connectivity index (χ1v) is 12.6. The standard InChI is InChI=1S/C26H29N3O3S/c1-28(33(31,32)23-9-3-2-4-10-23)25-12-6-5-11-24(25)26(30)27-19-21-13-15-22(16-14-21)20-29-17-7-8-18-29/h2-6,9-16H,7-8,17-20H2,1H3,(H,27,30). The van der Waals surface area contributed by atoms with E-state index in [1.807, 2.05) is 12.1 Å². The summed E-state index contributed by atoms with van der Waals surface area (Å²) < 4.78 is 27.2. The van der Waals surface area contributed by atoms with Crippen LogP contribution in [0.4, 0.5) is 5.69 Å². The van der Waals surface area contributed by atoms with Crippen molar-refractivity contribution in [1.29, 1.82) is 0 Å². The van der Waals surface area contributed by atoms with Crippen LogP contribution < -0.4 is 9.62 Å². The maximum Gasteiger partial charge on any atom is 0.264 e. The van der Waals surface area contributed by atoms with Gasteiger partial charge in [-0.05, 0) is 61.3 Å². The molecule has 0 saturated carbocycles. The van der Waals surface area contributed by atoms with Crippen molar-refractivity contribution in [3.8, 4) is 0 Å². The van der Waals surface area contributed by atoms with Crippen molar-refractivity contribution in [3.63, 3.8) is 0 Å². The Morgan fingerprint density at radius 3 is 2.18 bits per heavy atom. The van der Waals surface area contributed by atoms with E-state index in [0.717, 1.165) is 29.5 Å². The van der Waals surface area contributed by atoms with Crippen LogP contribution in [-0.2, 0) is 23.1 Å². The molecule has 1 heterocycles. The van der Waals surface area contributed by atoms with E-state index in [-0.39, 0.29) is 10.8 Å². The molecule has 1 N–H and O–H groups in total. The van der Waals surface area contributed by atoms with Crippen LogP contribution in [0.5, 0.6) is 0 Å². The number of nitrogens with zero attached hydrogens (tertiary/aromatic N) is 2. The summed E-state index contributed by atoms with van der Waals surface area (Å²) in [6.45, 7) is 3.64. The van der Waals surface area contributed by atoms with Crippen LogP contribution in [0.3, 0.4) is 0 Å². The maximum absolute atomic E-state index is 13.0. The summed E-state index contributed by atoms with van der Waals surface area (Å²) in [7, 11) is -2.31. The average Bonchev–Trinajstić information content (AvgIpc) is 3.36. The quantitative estimate of drug-likeness (QED) is 0.548. The Balaban J connectivity index is 1.44. The summed E-state index contributed by atoms with van der Waals surface area (Å²) >= 11 is 0. The number of benzene rings is 3. The predicted octanol–water partition coefficient (Wildman–Crippen LogP) is 4.04. The first-order valence-electron chi connectivity index (χ1n) is 11.2. The second-order valence-electron chi connectivity index (χ2n) is 8.29. The summed E-state index contributed by atoms with van der Waals surface area (Å²) in [6.07, 6.45) is 2.54. The van der Waals surface area contributed by atoms with Crippen molar-refractivity contribution in [3.05, 3.63) is 95.6 Å². The topological polar surface area (TPSA) is 69.7 Å². The van der Waals surface area contributed by atoms with Crippen LogP contribution in [-0.4, -0.2) is 39.4 Å². The van der Waals surface area contributed by atoms with Crippen molar-refractivity contribution < 1.29 is 13.2 Å². The van der Waals surface area contributed by atoms with Gasteiger partial charge in [0, 0.05) is 20.1 Å². The van der Waals surface area contributed by atoms with Crippen LogP contribution in [0.2, 0.25) is 0 Å². The van der Waals surface area contributed by atoms with Gasteiger partial charge in [-0.3, -0.25) is 14.0 Å². The minimum atomic E-state index is -3.78. The predicted molar refractivity (Wildman–Crippen MR) is 131 cm³/mol. The summed E-state index contributed by atoms with van der Waals surface area (Å²) in [5.41, 5.74) is 2.91. The third kappa shape index (κ3) is 5.43. The zero-order chi connectivity index (χ0) is 23.3. The van der Waals surface area contributed by atoms with Crippen molar-refractivity contribution >= 4 is 21.6 Å². The van der Waals surface area contributed by atoms with Gasteiger partial charge in [0.1, 0.15) is 0 Å². The monoisotopic (exact) mass is 463 g/mol. The maximum atomic E-state index is 13.0. The second kappa shape index (κ2) is 10.2. The number of carbonyl (C=O) groups is 1. The molecule has 3 aromatic rings. The van der Waals surface area contributed by atoms with E-state index >= 15 is 0 Å². The lowest BCUT2D eigenvalue weighted by molar-refractivity contribution is 0.0951. The number of carbonyl (C=O) groups excluding carboxylic acids is 1. The highest BCUT2D eigenvalue weighted by Gasteiger charge is 2.24. The van der Waals surface area contributed by atoms with Gasteiger partial charge in [-0.1, -0.05) is 54.6 Å². The van der Waals surface area contributed by atoms with E-state index in [2.05, 4.69) is 22.3 Å². The van der Waals surface area contributed by atoms with E-state index in [1.165, 1.54) is 25.5 Å². The van der Waals surface area contributed by atoms with Crippen LogP contribution in [0, 0.1) is 0 Å². The Bertz CT molecular complexity index is 1190. The lowest BCUT2D eigenvalue weighted by atomic mass is 10.1. The summed E-state index contributed by atoms with van der Waals surface area (Å²) in [4.78, 5) is 15.6. The molecule has 33 heavy (non-hydrogen) atoms. The molecule has 0 atom stereocenters. The number of para-hydroxylation sites is 1. The molecular formula is C26H29N3O3S. The first kappa shape index (κ1) is 23.0. The zero-order valence-corrected chi connectivity index (χ0v) is 19.6. The fraction of sp³-hybridized carbons (Fsp3) is 0.269. The number of hydrogen-bond donors (Lipinski definition) is 1. The van der Waals surface area contributed by atoms with Crippen LogP contribution in [0.1, 0.15) is 34.3 Å². The number of rotatable bonds is 8. The van der Waals surface area contributed by atoms with Gasteiger partial charge < -0.3 is 5.32 Å². The number of amides is 1. The molecule has 0 radical (unpaired) electrons. The molecule has 0 bridgehead atoms. The van der Waals surface area contributed by atoms with Gasteiger partial charge in [0.05, 0.1) is 16.1 Å². The Labute approximate surface area is 195 Å². The highest BCUT2D eigenvalue weighted by molar-refractivity contribution is 7.92. The fourth-order valence-corrected chi connectivity index (χ4v) is 5.29. The molecule has 0 aliphatic carbocycles. The number of anilines is 1. The van der Waals surface area contributed by atoms with Gasteiger partial charge in [0.15, 0.2) is 0 Å². The Kier molecular flexibility index (Phi) is 7.11. The second-order valence-corrected chi connectivity index (χ2v) is 10.3. The van der Waals surface area contributed by atoms with Crippen molar-refractivity contribution in [2.45, 2.75) is 30.8 Å². The Hall–Kier alpha value is -3.16. The lowest BCUT2D eigenvalue weighted by Crippen LogP contribution is -2.30. The highest BCUT2D eigenvalue weighted by atomic mass is 32.2. The van der Waals surface area contributed by atoms with E-state index in [9.17, 15) is 13.2 Å². The first-order chi connectivity index (χ1) is 15.9. The third-order valence-electron chi connectivity index (χ3n) is 5.97.